The summed E-state index contributed by atoms with van der Waals surface area (Å²) in [5, 5.41) is 3.77. The van der Waals surface area contributed by atoms with E-state index >= 15 is 0 Å². The largest absolute Gasteiger partial charge is 0.313 e. The maximum atomic E-state index is 3.77. The molecule has 1 heteroatoms. The zero-order chi connectivity index (χ0) is 12.0. The van der Waals surface area contributed by atoms with Crippen molar-refractivity contribution >= 4 is 0 Å². The van der Waals surface area contributed by atoms with Gasteiger partial charge in [-0.25, -0.2) is 0 Å². The molecule has 0 aromatic rings. The second kappa shape index (κ2) is 6.64. The molecule has 1 N–H and O–H groups in total. The highest BCUT2D eigenvalue weighted by atomic mass is 15.0. The van der Waals surface area contributed by atoms with Gasteiger partial charge in [0, 0.05) is 12.6 Å². The van der Waals surface area contributed by atoms with Gasteiger partial charge >= 0.3 is 0 Å². The molecule has 1 rings (SSSR count). The zero-order valence-corrected chi connectivity index (χ0v) is 11.8. The van der Waals surface area contributed by atoms with Crippen molar-refractivity contribution in [2.75, 3.05) is 6.54 Å². The molecule has 2 unspecified atom stereocenters. The van der Waals surface area contributed by atoms with Gasteiger partial charge in [-0.15, -0.1) is 0 Å². The Morgan fingerprint density at radius 1 is 1.25 bits per heavy atom. The van der Waals surface area contributed by atoms with E-state index in [9.17, 15) is 0 Å². The summed E-state index contributed by atoms with van der Waals surface area (Å²) in [6.07, 6.45) is 9.62. The summed E-state index contributed by atoms with van der Waals surface area (Å²) in [5.41, 5.74) is 0.563. The van der Waals surface area contributed by atoms with E-state index in [1.807, 2.05) is 0 Å². The van der Waals surface area contributed by atoms with Crippen LogP contribution in [0.2, 0.25) is 0 Å². The van der Waals surface area contributed by atoms with Crippen LogP contribution in [0.5, 0.6) is 0 Å². The van der Waals surface area contributed by atoms with Crippen LogP contribution in [0.4, 0.5) is 0 Å². The molecule has 1 saturated carbocycles. The fraction of sp³-hybridized carbons (Fsp3) is 1.00. The van der Waals surface area contributed by atoms with Crippen LogP contribution >= 0.6 is 0 Å². The summed E-state index contributed by atoms with van der Waals surface area (Å²) in [6, 6.07) is 0.858. The first-order valence-electron chi connectivity index (χ1n) is 7.41. The smallest absolute Gasteiger partial charge is 0.00684 e. The standard InChI is InChI=1S/C15H31N/c1-5-8-11-15(7-3,13(4)6-2)12-16-14-9-10-14/h13-14,16H,5-12H2,1-4H3. The molecule has 1 fully saturated rings. The molecule has 0 aliphatic heterocycles. The van der Waals surface area contributed by atoms with Gasteiger partial charge in [0.15, 0.2) is 0 Å². The number of hydrogen-bond acceptors (Lipinski definition) is 1. The fourth-order valence-corrected chi connectivity index (χ4v) is 2.76. The van der Waals surface area contributed by atoms with E-state index in [-0.39, 0.29) is 0 Å². The van der Waals surface area contributed by atoms with Gasteiger partial charge in [0.25, 0.3) is 0 Å². The van der Waals surface area contributed by atoms with Crippen molar-refractivity contribution in [3.05, 3.63) is 0 Å². The first kappa shape index (κ1) is 14.0. The third kappa shape index (κ3) is 3.76. The van der Waals surface area contributed by atoms with Crippen molar-refractivity contribution in [2.24, 2.45) is 11.3 Å². The molecule has 1 aliphatic carbocycles. The zero-order valence-electron chi connectivity index (χ0n) is 11.8. The summed E-state index contributed by atoms with van der Waals surface area (Å²) in [4.78, 5) is 0. The Balaban J connectivity index is 2.53. The summed E-state index contributed by atoms with van der Waals surface area (Å²) in [7, 11) is 0. The molecule has 0 aromatic heterocycles. The molecule has 2 atom stereocenters. The number of hydrogen-bond donors (Lipinski definition) is 1. The molecule has 0 amide bonds. The Hall–Kier alpha value is -0.0400. The Morgan fingerprint density at radius 2 is 1.94 bits per heavy atom. The molecular formula is C15H31N. The lowest BCUT2D eigenvalue weighted by atomic mass is 9.69. The van der Waals surface area contributed by atoms with Crippen LogP contribution in [0, 0.1) is 11.3 Å². The monoisotopic (exact) mass is 225 g/mol. The molecule has 0 saturated heterocycles. The summed E-state index contributed by atoms with van der Waals surface area (Å²) >= 11 is 0. The van der Waals surface area contributed by atoms with Gasteiger partial charge in [0.1, 0.15) is 0 Å². The molecule has 1 nitrogen and oxygen atoms in total. The van der Waals surface area contributed by atoms with E-state index < -0.39 is 0 Å². The highest BCUT2D eigenvalue weighted by molar-refractivity contribution is 4.89. The number of unbranched alkanes of at least 4 members (excludes halogenated alkanes) is 1. The first-order chi connectivity index (χ1) is 7.68. The lowest BCUT2D eigenvalue weighted by Gasteiger charge is -2.39. The highest BCUT2D eigenvalue weighted by Crippen LogP contribution is 2.39. The molecular weight excluding hydrogens is 194 g/mol. The minimum Gasteiger partial charge on any atom is -0.313 e. The van der Waals surface area contributed by atoms with Crippen LogP contribution in [0.25, 0.3) is 0 Å². The molecule has 0 spiro atoms. The van der Waals surface area contributed by atoms with Crippen LogP contribution in [0.3, 0.4) is 0 Å². The number of nitrogens with one attached hydrogen (secondary N) is 1. The molecule has 0 heterocycles. The topological polar surface area (TPSA) is 12.0 Å². The van der Waals surface area contributed by atoms with E-state index in [4.69, 9.17) is 0 Å². The van der Waals surface area contributed by atoms with Gasteiger partial charge < -0.3 is 5.32 Å². The lowest BCUT2D eigenvalue weighted by Crippen LogP contribution is -2.39. The predicted molar refractivity (Wildman–Crippen MR) is 72.7 cm³/mol. The maximum Gasteiger partial charge on any atom is 0.00684 e. The highest BCUT2D eigenvalue weighted by Gasteiger charge is 2.34. The molecule has 0 aromatic carbocycles. The quantitative estimate of drug-likeness (QED) is 0.614. The second-order valence-corrected chi connectivity index (χ2v) is 5.78. The Bertz CT molecular complexity index is 186. The average molecular weight is 225 g/mol. The Morgan fingerprint density at radius 3 is 2.38 bits per heavy atom. The van der Waals surface area contributed by atoms with Gasteiger partial charge in [0.05, 0.1) is 0 Å². The molecule has 1 aliphatic rings. The van der Waals surface area contributed by atoms with Crippen LogP contribution in [0.15, 0.2) is 0 Å². The minimum atomic E-state index is 0.563. The average Bonchev–Trinajstić information content (AvgIpc) is 3.13. The van der Waals surface area contributed by atoms with E-state index in [2.05, 4.69) is 33.0 Å². The third-order valence-corrected chi connectivity index (χ3v) is 4.71. The summed E-state index contributed by atoms with van der Waals surface area (Å²) in [6.45, 7) is 10.7. The van der Waals surface area contributed by atoms with Gasteiger partial charge in [-0.05, 0) is 37.0 Å². The third-order valence-electron chi connectivity index (χ3n) is 4.71. The minimum absolute atomic E-state index is 0.563. The SMILES string of the molecule is CCCCC(CC)(CNC1CC1)C(C)CC. The van der Waals surface area contributed by atoms with Crippen LogP contribution in [-0.4, -0.2) is 12.6 Å². The Labute approximate surface area is 102 Å². The number of rotatable bonds is 9. The van der Waals surface area contributed by atoms with Crippen molar-refractivity contribution in [3.63, 3.8) is 0 Å². The van der Waals surface area contributed by atoms with E-state index in [1.165, 1.54) is 51.5 Å². The van der Waals surface area contributed by atoms with Crippen LogP contribution < -0.4 is 5.32 Å². The summed E-state index contributed by atoms with van der Waals surface area (Å²) in [5.74, 6) is 0.857. The van der Waals surface area contributed by atoms with E-state index in [1.54, 1.807) is 0 Å². The van der Waals surface area contributed by atoms with Crippen LogP contribution in [-0.2, 0) is 0 Å². The molecule has 0 bridgehead atoms. The van der Waals surface area contributed by atoms with Crippen molar-refractivity contribution in [3.8, 4) is 0 Å². The van der Waals surface area contributed by atoms with Gasteiger partial charge in [0.2, 0.25) is 0 Å². The van der Waals surface area contributed by atoms with Gasteiger partial charge in [-0.2, -0.15) is 0 Å². The van der Waals surface area contributed by atoms with E-state index in [0.717, 1.165) is 12.0 Å². The first-order valence-corrected chi connectivity index (χ1v) is 7.41. The summed E-state index contributed by atoms with van der Waals surface area (Å²) < 4.78 is 0. The van der Waals surface area contributed by atoms with E-state index in [0.29, 0.717) is 5.41 Å². The lowest BCUT2D eigenvalue weighted by molar-refractivity contribution is 0.135. The maximum absolute atomic E-state index is 3.77. The van der Waals surface area contributed by atoms with Crippen molar-refractivity contribution in [2.45, 2.75) is 78.7 Å². The predicted octanol–water partition coefficient (Wildman–Crippen LogP) is 4.37. The van der Waals surface area contributed by atoms with Crippen LogP contribution in [0.1, 0.15) is 72.6 Å². The van der Waals surface area contributed by atoms with Crippen molar-refractivity contribution in [1.82, 2.24) is 5.32 Å². The molecule has 16 heavy (non-hydrogen) atoms. The van der Waals surface area contributed by atoms with Gasteiger partial charge in [-0.1, -0.05) is 47.0 Å². The Kier molecular flexibility index (Phi) is 5.82. The molecule has 0 radical (unpaired) electrons. The van der Waals surface area contributed by atoms with Crippen molar-refractivity contribution in [1.29, 1.82) is 0 Å². The van der Waals surface area contributed by atoms with Gasteiger partial charge in [-0.3, -0.25) is 0 Å². The molecule has 96 valence electrons. The fourth-order valence-electron chi connectivity index (χ4n) is 2.76. The normalized spacial score (nSPS) is 21.8. The second-order valence-electron chi connectivity index (χ2n) is 5.78. The van der Waals surface area contributed by atoms with Crippen molar-refractivity contribution < 1.29 is 0 Å².